The molecule has 2 rings (SSSR count). The third-order valence-corrected chi connectivity index (χ3v) is 3.50. The summed E-state index contributed by atoms with van der Waals surface area (Å²) in [5, 5.41) is 0. The van der Waals surface area contributed by atoms with E-state index < -0.39 is 0 Å². The molecule has 1 aliphatic heterocycles. The van der Waals surface area contributed by atoms with Crippen LogP contribution in [0, 0.1) is 0 Å². The van der Waals surface area contributed by atoms with Gasteiger partial charge < -0.3 is 10.3 Å². The summed E-state index contributed by atoms with van der Waals surface area (Å²) < 4.78 is 2.20. The number of rotatable bonds is 3. The Bertz CT molecular complexity index is 345. The lowest BCUT2D eigenvalue weighted by atomic mass is 10.1. The minimum Gasteiger partial charge on any atom is -0.334 e. The first-order valence-electron chi connectivity index (χ1n) is 6.17. The van der Waals surface area contributed by atoms with Crippen molar-refractivity contribution in [2.45, 2.75) is 51.9 Å². The quantitative estimate of drug-likeness (QED) is 0.840. The summed E-state index contributed by atoms with van der Waals surface area (Å²) in [6, 6.07) is 1.03. The van der Waals surface area contributed by atoms with Crippen LogP contribution in [-0.2, 0) is 6.54 Å². The number of nitrogens with zero attached hydrogens (tertiary/aromatic N) is 3. The van der Waals surface area contributed by atoms with Gasteiger partial charge in [-0.3, -0.25) is 4.90 Å². The number of nitrogens with two attached hydrogens (primary N) is 1. The van der Waals surface area contributed by atoms with Crippen molar-refractivity contribution in [3.8, 4) is 0 Å². The van der Waals surface area contributed by atoms with E-state index in [-0.39, 0.29) is 12.1 Å². The summed E-state index contributed by atoms with van der Waals surface area (Å²) in [4.78, 5) is 6.95. The second-order valence-corrected chi connectivity index (χ2v) is 4.80. The van der Waals surface area contributed by atoms with Gasteiger partial charge in [-0.2, -0.15) is 0 Å². The van der Waals surface area contributed by atoms with Crippen molar-refractivity contribution in [3.05, 3.63) is 18.2 Å². The molecule has 16 heavy (non-hydrogen) atoms. The first kappa shape index (κ1) is 11.6. The van der Waals surface area contributed by atoms with E-state index in [0.29, 0.717) is 6.04 Å². The van der Waals surface area contributed by atoms with Crippen LogP contribution in [0.4, 0.5) is 0 Å². The molecule has 1 aromatic heterocycles. The van der Waals surface area contributed by atoms with Crippen LogP contribution in [0.5, 0.6) is 0 Å². The van der Waals surface area contributed by atoms with Crippen LogP contribution in [0.1, 0.15) is 39.1 Å². The Morgan fingerprint density at radius 1 is 1.56 bits per heavy atom. The third kappa shape index (κ3) is 1.87. The SMILES string of the molecule is CCn1ccnc1[C@@H]1[C@@H](N)CCN1C(C)C. The fraction of sp³-hybridized carbons (Fsp3) is 0.750. The molecular weight excluding hydrogens is 200 g/mol. The first-order valence-corrected chi connectivity index (χ1v) is 6.17. The molecule has 0 saturated carbocycles. The zero-order valence-corrected chi connectivity index (χ0v) is 10.4. The number of aromatic nitrogens is 2. The second kappa shape index (κ2) is 4.55. The normalized spacial score (nSPS) is 26.8. The lowest BCUT2D eigenvalue weighted by Crippen LogP contribution is -2.37. The Balaban J connectivity index is 2.30. The Morgan fingerprint density at radius 2 is 2.31 bits per heavy atom. The van der Waals surface area contributed by atoms with Crippen LogP contribution in [0.2, 0.25) is 0 Å². The van der Waals surface area contributed by atoms with Crippen molar-refractivity contribution in [3.63, 3.8) is 0 Å². The smallest absolute Gasteiger partial charge is 0.127 e. The van der Waals surface area contributed by atoms with E-state index in [2.05, 4.69) is 35.2 Å². The molecule has 4 nitrogen and oxygen atoms in total. The summed E-state index contributed by atoms with van der Waals surface area (Å²) in [6.07, 6.45) is 4.99. The third-order valence-electron chi connectivity index (χ3n) is 3.50. The van der Waals surface area contributed by atoms with E-state index >= 15 is 0 Å². The molecule has 0 radical (unpaired) electrons. The van der Waals surface area contributed by atoms with Crippen LogP contribution >= 0.6 is 0 Å². The maximum atomic E-state index is 6.23. The number of hydrogen-bond acceptors (Lipinski definition) is 3. The predicted molar refractivity (Wildman–Crippen MR) is 65.1 cm³/mol. The lowest BCUT2D eigenvalue weighted by Gasteiger charge is -2.29. The highest BCUT2D eigenvalue weighted by Gasteiger charge is 2.36. The van der Waals surface area contributed by atoms with E-state index in [9.17, 15) is 0 Å². The zero-order valence-electron chi connectivity index (χ0n) is 10.4. The van der Waals surface area contributed by atoms with Crippen LogP contribution in [0.3, 0.4) is 0 Å². The van der Waals surface area contributed by atoms with Gasteiger partial charge in [0.2, 0.25) is 0 Å². The van der Waals surface area contributed by atoms with Crippen molar-refractivity contribution in [1.29, 1.82) is 0 Å². The predicted octanol–water partition coefficient (Wildman–Crippen LogP) is 1.39. The molecule has 0 unspecified atom stereocenters. The maximum absolute atomic E-state index is 6.23. The standard InChI is InChI=1S/C12H22N4/c1-4-15-8-6-14-12(15)11-10(13)5-7-16(11)9(2)3/h6,8-11H,4-5,7,13H2,1-3H3/t10-,11-/m0/s1. The molecule has 0 aromatic carbocycles. The van der Waals surface area contributed by atoms with E-state index in [1.165, 1.54) is 0 Å². The fourth-order valence-electron chi connectivity index (χ4n) is 2.61. The van der Waals surface area contributed by atoms with Gasteiger partial charge in [0.1, 0.15) is 5.82 Å². The molecule has 2 heterocycles. The highest BCUT2D eigenvalue weighted by molar-refractivity contribution is 5.07. The number of hydrogen-bond donors (Lipinski definition) is 1. The molecule has 2 N–H and O–H groups in total. The molecule has 0 spiro atoms. The van der Waals surface area contributed by atoms with Crippen LogP contribution < -0.4 is 5.73 Å². The number of aryl methyl sites for hydroxylation is 1. The van der Waals surface area contributed by atoms with Crippen molar-refractivity contribution < 1.29 is 0 Å². The topological polar surface area (TPSA) is 47.1 Å². The Kier molecular flexibility index (Phi) is 3.30. The maximum Gasteiger partial charge on any atom is 0.127 e. The van der Waals surface area contributed by atoms with Gasteiger partial charge in [-0.15, -0.1) is 0 Å². The van der Waals surface area contributed by atoms with Gasteiger partial charge in [0.05, 0.1) is 6.04 Å². The molecule has 90 valence electrons. The van der Waals surface area contributed by atoms with Gasteiger partial charge in [-0.25, -0.2) is 4.98 Å². The van der Waals surface area contributed by atoms with Gasteiger partial charge >= 0.3 is 0 Å². The monoisotopic (exact) mass is 222 g/mol. The van der Waals surface area contributed by atoms with Crippen molar-refractivity contribution in [2.24, 2.45) is 5.73 Å². The Morgan fingerprint density at radius 3 is 2.94 bits per heavy atom. The molecule has 1 fully saturated rings. The fourth-order valence-corrected chi connectivity index (χ4v) is 2.61. The van der Waals surface area contributed by atoms with Gasteiger partial charge in [-0.1, -0.05) is 0 Å². The van der Waals surface area contributed by atoms with E-state index in [1.807, 2.05) is 12.4 Å². The Hall–Kier alpha value is -0.870. The van der Waals surface area contributed by atoms with Crippen molar-refractivity contribution in [2.75, 3.05) is 6.54 Å². The van der Waals surface area contributed by atoms with Gasteiger partial charge in [0, 0.05) is 37.6 Å². The largest absolute Gasteiger partial charge is 0.334 e. The molecule has 2 atom stereocenters. The highest BCUT2D eigenvalue weighted by atomic mass is 15.3. The molecule has 0 bridgehead atoms. The summed E-state index contributed by atoms with van der Waals surface area (Å²) in [7, 11) is 0. The summed E-state index contributed by atoms with van der Waals surface area (Å²) in [6.45, 7) is 8.64. The molecule has 0 amide bonds. The van der Waals surface area contributed by atoms with Gasteiger partial charge in [0.25, 0.3) is 0 Å². The summed E-state index contributed by atoms with van der Waals surface area (Å²) >= 11 is 0. The van der Waals surface area contributed by atoms with Crippen LogP contribution in [-0.4, -0.2) is 33.1 Å². The molecule has 1 aliphatic rings. The van der Waals surface area contributed by atoms with E-state index in [4.69, 9.17) is 5.73 Å². The highest BCUT2D eigenvalue weighted by Crippen LogP contribution is 2.31. The lowest BCUT2D eigenvalue weighted by molar-refractivity contribution is 0.187. The van der Waals surface area contributed by atoms with Gasteiger partial charge in [-0.05, 0) is 27.2 Å². The van der Waals surface area contributed by atoms with Crippen LogP contribution in [0.25, 0.3) is 0 Å². The average molecular weight is 222 g/mol. The van der Waals surface area contributed by atoms with Crippen molar-refractivity contribution >= 4 is 0 Å². The second-order valence-electron chi connectivity index (χ2n) is 4.80. The van der Waals surface area contributed by atoms with Gasteiger partial charge in [0.15, 0.2) is 0 Å². The molecule has 1 aromatic rings. The van der Waals surface area contributed by atoms with Crippen LogP contribution in [0.15, 0.2) is 12.4 Å². The summed E-state index contributed by atoms with van der Waals surface area (Å²) in [5.74, 6) is 1.13. The minimum absolute atomic E-state index is 0.218. The molecule has 1 saturated heterocycles. The first-order chi connectivity index (χ1) is 7.65. The number of likely N-dealkylation sites (tertiary alicyclic amines) is 1. The average Bonchev–Trinajstić information content (AvgIpc) is 2.82. The van der Waals surface area contributed by atoms with E-state index in [0.717, 1.165) is 25.3 Å². The molecule has 4 heteroatoms. The molecule has 0 aliphatic carbocycles. The van der Waals surface area contributed by atoms with Crippen molar-refractivity contribution in [1.82, 2.24) is 14.5 Å². The summed E-state index contributed by atoms with van der Waals surface area (Å²) in [5.41, 5.74) is 6.23. The zero-order chi connectivity index (χ0) is 11.7. The number of imidazole rings is 1. The molecular formula is C12H22N4. The van der Waals surface area contributed by atoms with E-state index in [1.54, 1.807) is 0 Å². The Labute approximate surface area is 97.4 Å². The minimum atomic E-state index is 0.218.